The lowest BCUT2D eigenvalue weighted by atomic mass is 9.97. The number of anilines is 1. The zero-order chi connectivity index (χ0) is 24.2. The molecule has 3 heterocycles. The highest BCUT2D eigenvalue weighted by molar-refractivity contribution is 7.15. The average Bonchev–Trinajstić information content (AvgIpc) is 3.57. The number of aromatic nitrogens is 2. The number of hydrogen-bond donors (Lipinski definition) is 2. The molecule has 1 aromatic heterocycles. The number of para-hydroxylation sites is 1. The van der Waals surface area contributed by atoms with E-state index in [9.17, 15) is 14.4 Å². The topological polar surface area (TPSA) is 123 Å². The maximum absolute atomic E-state index is 13.0. The number of rotatable bonds is 6. The third-order valence-corrected chi connectivity index (χ3v) is 6.73. The molecule has 35 heavy (non-hydrogen) atoms. The van der Waals surface area contributed by atoms with Gasteiger partial charge in [-0.3, -0.25) is 14.4 Å². The Morgan fingerprint density at radius 1 is 1.03 bits per heavy atom. The van der Waals surface area contributed by atoms with Crippen molar-refractivity contribution in [1.29, 1.82) is 0 Å². The first kappa shape index (κ1) is 22.8. The van der Waals surface area contributed by atoms with Crippen molar-refractivity contribution in [1.82, 2.24) is 20.4 Å². The molecule has 0 bridgehead atoms. The van der Waals surface area contributed by atoms with Crippen LogP contribution in [0, 0.1) is 5.92 Å². The van der Waals surface area contributed by atoms with Gasteiger partial charge in [-0.25, -0.2) is 0 Å². The number of likely N-dealkylation sites (tertiary alicyclic amines) is 1. The number of ether oxygens (including phenoxy) is 2. The van der Waals surface area contributed by atoms with Gasteiger partial charge in [-0.05, 0) is 42.7 Å². The first-order valence-electron chi connectivity index (χ1n) is 11.2. The minimum Gasteiger partial charge on any atom is -0.454 e. The fraction of sp³-hybridized carbons (Fsp3) is 0.292. The largest absolute Gasteiger partial charge is 0.454 e. The van der Waals surface area contributed by atoms with Crippen LogP contribution in [0.2, 0.25) is 0 Å². The molecule has 1 fully saturated rings. The summed E-state index contributed by atoms with van der Waals surface area (Å²) in [7, 11) is 0. The fourth-order valence-corrected chi connectivity index (χ4v) is 4.71. The van der Waals surface area contributed by atoms with E-state index in [1.54, 1.807) is 17.0 Å². The van der Waals surface area contributed by atoms with E-state index in [1.807, 2.05) is 36.4 Å². The number of hydrogen-bond acceptors (Lipinski definition) is 8. The van der Waals surface area contributed by atoms with Crippen molar-refractivity contribution in [3.05, 3.63) is 64.1 Å². The van der Waals surface area contributed by atoms with Gasteiger partial charge >= 0.3 is 0 Å². The molecule has 0 radical (unpaired) electrons. The lowest BCUT2D eigenvalue weighted by Crippen LogP contribution is -2.45. The van der Waals surface area contributed by atoms with Crippen molar-refractivity contribution in [2.24, 2.45) is 5.92 Å². The zero-order valence-corrected chi connectivity index (χ0v) is 19.5. The number of benzene rings is 2. The second-order valence-corrected chi connectivity index (χ2v) is 9.21. The van der Waals surface area contributed by atoms with E-state index in [0.29, 0.717) is 43.1 Å². The van der Waals surface area contributed by atoms with Crippen LogP contribution in [-0.4, -0.2) is 52.7 Å². The van der Waals surface area contributed by atoms with Crippen LogP contribution in [0.1, 0.15) is 38.0 Å². The molecule has 2 aliphatic rings. The van der Waals surface area contributed by atoms with Crippen LogP contribution in [0.25, 0.3) is 0 Å². The van der Waals surface area contributed by atoms with Gasteiger partial charge in [0.2, 0.25) is 22.7 Å². The summed E-state index contributed by atoms with van der Waals surface area (Å²) in [6.07, 6.45) is 1.39. The Morgan fingerprint density at radius 3 is 2.69 bits per heavy atom. The molecule has 11 heteroatoms. The Hall–Kier alpha value is -3.99. The number of nitrogens with zero attached hydrogens (tertiary/aromatic N) is 3. The minimum atomic E-state index is -0.424. The van der Waals surface area contributed by atoms with Gasteiger partial charge in [0.1, 0.15) is 0 Å². The molecular formula is C24H23N5O5S. The highest BCUT2D eigenvalue weighted by Gasteiger charge is 2.31. The summed E-state index contributed by atoms with van der Waals surface area (Å²) >= 11 is 0.941. The van der Waals surface area contributed by atoms with E-state index in [0.717, 1.165) is 16.9 Å². The van der Waals surface area contributed by atoms with Crippen LogP contribution < -0.4 is 20.1 Å². The number of carbonyl (C=O) groups is 3. The van der Waals surface area contributed by atoms with Crippen LogP contribution in [0.5, 0.6) is 11.5 Å². The fourth-order valence-electron chi connectivity index (χ4n) is 4.00. The van der Waals surface area contributed by atoms with Crippen molar-refractivity contribution >= 4 is 34.7 Å². The van der Waals surface area contributed by atoms with Gasteiger partial charge in [0.15, 0.2) is 11.5 Å². The standard InChI is InChI=1S/C24H23N5O5S/c30-20(25-12-15-8-9-18-19(11-15)34-14-33-18)16-5-4-10-29(13-16)24(32)23-28-27-22(35-23)21(31)26-17-6-2-1-3-7-17/h1-3,6-9,11,16H,4-5,10,12-14H2,(H,25,30)(H,26,31)/t16-/m1/s1. The van der Waals surface area contributed by atoms with E-state index >= 15 is 0 Å². The summed E-state index contributed by atoms with van der Waals surface area (Å²) in [6.45, 7) is 1.37. The predicted molar refractivity (Wildman–Crippen MR) is 127 cm³/mol. The zero-order valence-electron chi connectivity index (χ0n) is 18.7. The molecule has 2 N–H and O–H groups in total. The Kier molecular flexibility index (Phi) is 6.57. The highest BCUT2D eigenvalue weighted by Crippen LogP contribution is 2.32. The maximum atomic E-state index is 13.0. The predicted octanol–water partition coefficient (Wildman–Crippen LogP) is 2.69. The smallest absolute Gasteiger partial charge is 0.286 e. The van der Waals surface area contributed by atoms with Crippen molar-refractivity contribution in [3.63, 3.8) is 0 Å². The summed E-state index contributed by atoms with van der Waals surface area (Å²) in [6, 6.07) is 14.5. The molecule has 2 aromatic carbocycles. The van der Waals surface area contributed by atoms with Crippen molar-refractivity contribution in [2.75, 3.05) is 25.2 Å². The van der Waals surface area contributed by atoms with Gasteiger partial charge in [0.05, 0.1) is 5.92 Å². The van der Waals surface area contributed by atoms with Gasteiger partial charge in [0, 0.05) is 25.3 Å². The van der Waals surface area contributed by atoms with E-state index in [4.69, 9.17) is 9.47 Å². The third kappa shape index (κ3) is 5.24. The number of fused-ring (bicyclic) bond motifs is 1. The molecule has 3 aromatic rings. The summed E-state index contributed by atoms with van der Waals surface area (Å²) < 4.78 is 10.7. The van der Waals surface area contributed by atoms with Crippen LogP contribution in [0.15, 0.2) is 48.5 Å². The Bertz CT molecular complexity index is 1250. The van der Waals surface area contributed by atoms with Gasteiger partial charge in [-0.1, -0.05) is 35.6 Å². The Morgan fingerprint density at radius 2 is 1.83 bits per heavy atom. The second kappa shape index (κ2) is 10.1. The molecule has 2 aliphatic heterocycles. The first-order valence-corrected chi connectivity index (χ1v) is 12.0. The van der Waals surface area contributed by atoms with Crippen molar-refractivity contribution in [2.45, 2.75) is 19.4 Å². The van der Waals surface area contributed by atoms with Crippen LogP contribution >= 0.6 is 11.3 Å². The lowest BCUT2D eigenvalue weighted by molar-refractivity contribution is -0.126. The number of amides is 3. The molecule has 1 atom stereocenters. The summed E-state index contributed by atoms with van der Waals surface area (Å²) in [5, 5.41) is 13.7. The first-order chi connectivity index (χ1) is 17.1. The average molecular weight is 494 g/mol. The SMILES string of the molecule is O=C(Nc1ccccc1)c1nnc(C(=O)N2CCC[C@@H](C(=O)NCc3ccc4c(c3)OCO4)C2)s1. The van der Waals surface area contributed by atoms with Crippen LogP contribution in [-0.2, 0) is 11.3 Å². The second-order valence-electron chi connectivity index (χ2n) is 8.23. The van der Waals surface area contributed by atoms with E-state index in [-0.39, 0.29) is 41.1 Å². The maximum Gasteiger partial charge on any atom is 0.286 e. The van der Waals surface area contributed by atoms with Gasteiger partial charge in [0.25, 0.3) is 11.8 Å². The summed E-state index contributed by atoms with van der Waals surface area (Å²) in [5.74, 6) is 0.177. The number of piperidine rings is 1. The molecule has 3 amide bonds. The molecule has 0 spiro atoms. The Balaban J connectivity index is 1.16. The van der Waals surface area contributed by atoms with E-state index in [1.165, 1.54) is 0 Å². The number of carbonyl (C=O) groups excluding carboxylic acids is 3. The molecular weight excluding hydrogens is 470 g/mol. The van der Waals surface area contributed by atoms with E-state index in [2.05, 4.69) is 20.8 Å². The third-order valence-electron chi connectivity index (χ3n) is 5.82. The Labute approximate surface area is 205 Å². The van der Waals surface area contributed by atoms with Gasteiger partial charge in [-0.15, -0.1) is 10.2 Å². The molecule has 0 aliphatic carbocycles. The molecule has 0 unspecified atom stereocenters. The molecule has 180 valence electrons. The molecule has 1 saturated heterocycles. The minimum absolute atomic E-state index is 0.104. The van der Waals surface area contributed by atoms with Gasteiger partial charge < -0.3 is 25.0 Å². The highest BCUT2D eigenvalue weighted by atomic mass is 32.1. The summed E-state index contributed by atoms with van der Waals surface area (Å²) in [5.41, 5.74) is 1.53. The lowest BCUT2D eigenvalue weighted by Gasteiger charge is -2.31. The van der Waals surface area contributed by atoms with Gasteiger partial charge in [-0.2, -0.15) is 0 Å². The summed E-state index contributed by atoms with van der Waals surface area (Å²) in [4.78, 5) is 39.8. The molecule has 5 rings (SSSR count). The monoisotopic (exact) mass is 493 g/mol. The van der Waals surface area contributed by atoms with Crippen molar-refractivity contribution in [3.8, 4) is 11.5 Å². The van der Waals surface area contributed by atoms with E-state index < -0.39 is 5.91 Å². The quantitative estimate of drug-likeness (QED) is 0.541. The van der Waals surface area contributed by atoms with Crippen LogP contribution in [0.4, 0.5) is 5.69 Å². The number of nitrogens with one attached hydrogen (secondary N) is 2. The molecule has 10 nitrogen and oxygen atoms in total. The molecule has 0 saturated carbocycles. The normalized spacial score (nSPS) is 16.6. The van der Waals surface area contributed by atoms with Crippen LogP contribution in [0.3, 0.4) is 0 Å². The van der Waals surface area contributed by atoms with Crippen molar-refractivity contribution < 1.29 is 23.9 Å².